The number of fused-ring (bicyclic) bond motifs is 1. The molecule has 3 heterocycles. The molecule has 0 N–H and O–H groups in total. The zero-order valence-corrected chi connectivity index (χ0v) is 25.9. The lowest BCUT2D eigenvalue weighted by Crippen LogP contribution is -2.60. The molecule has 2 aliphatic heterocycles. The Bertz CT molecular complexity index is 1810. The second-order valence-electron chi connectivity index (χ2n) is 10.7. The zero-order valence-electron chi connectivity index (χ0n) is 25.1. The highest BCUT2D eigenvalue weighted by molar-refractivity contribution is 7.93. The number of hydrogen-bond acceptors (Lipinski definition) is 9. The third-order valence-corrected chi connectivity index (χ3v) is 10.2. The van der Waals surface area contributed by atoms with Crippen LogP contribution in [0.25, 0.3) is 0 Å². The Kier molecular flexibility index (Phi) is 7.68. The number of sulfonamides is 1. The molecular weight excluding hydrogens is 580 g/mol. The summed E-state index contributed by atoms with van der Waals surface area (Å²) in [6, 6.07) is 21.2. The first-order chi connectivity index (χ1) is 21.3. The lowest BCUT2D eigenvalue weighted by atomic mass is 9.80. The van der Waals surface area contributed by atoms with E-state index in [1.807, 2.05) is 49.4 Å². The molecule has 0 spiro atoms. The van der Waals surface area contributed by atoms with Crippen LogP contribution in [0, 0.1) is 6.92 Å². The molecule has 11 heteroatoms. The van der Waals surface area contributed by atoms with Crippen molar-refractivity contribution in [2.24, 2.45) is 0 Å². The van der Waals surface area contributed by atoms with E-state index in [0.29, 0.717) is 54.5 Å². The van der Waals surface area contributed by atoms with Gasteiger partial charge in [-0.3, -0.25) is 14.7 Å². The number of aryl methyl sites for hydroxylation is 1. The number of rotatable bonds is 8. The molecule has 1 amide bonds. The molecule has 0 aliphatic carbocycles. The van der Waals surface area contributed by atoms with Crippen molar-refractivity contribution in [3.8, 4) is 17.2 Å². The predicted octanol–water partition coefficient (Wildman–Crippen LogP) is 4.22. The quantitative estimate of drug-likeness (QED) is 0.289. The molecule has 228 valence electrons. The van der Waals surface area contributed by atoms with Crippen molar-refractivity contribution < 1.29 is 27.4 Å². The normalized spacial score (nSPS) is 18.7. The van der Waals surface area contributed by atoms with Gasteiger partial charge in [0.15, 0.2) is 5.54 Å². The molecule has 6 rings (SSSR count). The van der Waals surface area contributed by atoms with Gasteiger partial charge in [0, 0.05) is 61.5 Å². The second kappa shape index (κ2) is 11.5. The second-order valence-corrected chi connectivity index (χ2v) is 12.5. The van der Waals surface area contributed by atoms with Gasteiger partial charge in [-0.25, -0.2) is 12.7 Å². The number of benzene rings is 3. The maximum atomic E-state index is 15.2. The van der Waals surface area contributed by atoms with E-state index in [1.54, 1.807) is 37.7 Å². The van der Waals surface area contributed by atoms with Crippen LogP contribution in [0.1, 0.15) is 16.7 Å². The number of methoxy groups -OCH3 is 3. The Labute approximate surface area is 257 Å². The van der Waals surface area contributed by atoms with Gasteiger partial charge >= 0.3 is 0 Å². The first-order valence-corrected chi connectivity index (χ1v) is 15.7. The van der Waals surface area contributed by atoms with Crippen LogP contribution in [-0.2, 0) is 20.4 Å². The lowest BCUT2D eigenvalue weighted by molar-refractivity contribution is -0.127. The number of carbonyl (C=O) groups excluding carboxylic acids is 1. The fourth-order valence-corrected chi connectivity index (χ4v) is 7.94. The first kappa shape index (κ1) is 29.5. The topological polar surface area (TPSA) is 102 Å². The fourth-order valence-electron chi connectivity index (χ4n) is 6.35. The number of hydrogen-bond donors (Lipinski definition) is 0. The van der Waals surface area contributed by atoms with Crippen LogP contribution in [-0.4, -0.2) is 71.7 Å². The Morgan fingerprint density at radius 3 is 2.16 bits per heavy atom. The van der Waals surface area contributed by atoms with Crippen LogP contribution in [0.15, 0.2) is 90.1 Å². The largest absolute Gasteiger partial charge is 0.497 e. The van der Waals surface area contributed by atoms with E-state index in [-0.39, 0.29) is 10.6 Å². The Morgan fingerprint density at radius 2 is 1.48 bits per heavy atom. The van der Waals surface area contributed by atoms with Crippen molar-refractivity contribution in [3.63, 3.8) is 0 Å². The monoisotopic (exact) mass is 614 g/mol. The summed E-state index contributed by atoms with van der Waals surface area (Å²) in [5.74, 6) is 0.399. The van der Waals surface area contributed by atoms with E-state index >= 15 is 4.79 Å². The fraction of sp³-hybridized carbons (Fsp3) is 0.273. The van der Waals surface area contributed by atoms with Crippen molar-refractivity contribution in [1.82, 2.24) is 9.88 Å². The standard InChI is InChI=1S/C33H34N4O6S/c1-23-9-11-26-28(21-23)37(44(39,40)31-12-10-25(41-2)22-30(31)43-4)32(38)33(26,27-7-5-6-8-29(27)42-3)36-19-17-35(18-20-36)24-13-15-34-16-14-24/h5-16,21-22H,17-20H2,1-4H3. The minimum absolute atomic E-state index is 0.0760. The molecule has 44 heavy (non-hydrogen) atoms. The minimum atomic E-state index is -4.46. The molecule has 1 atom stereocenters. The van der Waals surface area contributed by atoms with E-state index in [4.69, 9.17) is 14.2 Å². The summed E-state index contributed by atoms with van der Waals surface area (Å²) >= 11 is 0. The summed E-state index contributed by atoms with van der Waals surface area (Å²) < 4.78 is 46.8. The highest BCUT2D eigenvalue weighted by atomic mass is 32.2. The molecule has 4 aromatic rings. The molecule has 3 aromatic carbocycles. The number of amides is 1. The molecule has 1 aromatic heterocycles. The number of piperazine rings is 1. The Hall–Kier alpha value is -4.61. The number of ether oxygens (including phenoxy) is 3. The van der Waals surface area contributed by atoms with E-state index in [9.17, 15) is 8.42 Å². The van der Waals surface area contributed by atoms with Gasteiger partial charge < -0.3 is 19.1 Å². The van der Waals surface area contributed by atoms with Crippen molar-refractivity contribution in [2.75, 3.05) is 56.7 Å². The molecular formula is C33H34N4O6S. The van der Waals surface area contributed by atoms with Crippen molar-refractivity contribution in [1.29, 1.82) is 0 Å². The van der Waals surface area contributed by atoms with Gasteiger partial charge in [0.2, 0.25) is 0 Å². The number of aromatic nitrogens is 1. The number of nitrogens with zero attached hydrogens (tertiary/aromatic N) is 4. The third-order valence-electron chi connectivity index (χ3n) is 8.42. The molecule has 1 fully saturated rings. The molecule has 0 saturated carbocycles. The lowest BCUT2D eigenvalue weighted by Gasteiger charge is -2.46. The molecule has 0 radical (unpaired) electrons. The summed E-state index contributed by atoms with van der Waals surface area (Å²) in [6.07, 6.45) is 3.51. The maximum Gasteiger partial charge on any atom is 0.274 e. The van der Waals surface area contributed by atoms with E-state index in [1.165, 1.54) is 26.4 Å². The summed E-state index contributed by atoms with van der Waals surface area (Å²) in [6.45, 7) is 4.08. The van der Waals surface area contributed by atoms with Crippen LogP contribution in [0.2, 0.25) is 0 Å². The van der Waals surface area contributed by atoms with Gasteiger partial charge in [0.05, 0.1) is 27.0 Å². The van der Waals surface area contributed by atoms with Gasteiger partial charge in [-0.1, -0.05) is 30.3 Å². The van der Waals surface area contributed by atoms with Crippen molar-refractivity contribution in [2.45, 2.75) is 17.4 Å². The zero-order chi connectivity index (χ0) is 31.1. The average Bonchev–Trinajstić information content (AvgIpc) is 3.32. The maximum absolute atomic E-state index is 15.2. The summed E-state index contributed by atoms with van der Waals surface area (Å²) in [7, 11) is -0.0267. The van der Waals surface area contributed by atoms with E-state index in [0.717, 1.165) is 15.6 Å². The predicted molar refractivity (Wildman–Crippen MR) is 167 cm³/mol. The van der Waals surface area contributed by atoms with E-state index in [2.05, 4.69) is 14.8 Å². The van der Waals surface area contributed by atoms with Gasteiger partial charge in [-0.05, 0) is 48.9 Å². The van der Waals surface area contributed by atoms with Gasteiger partial charge in [0.25, 0.3) is 15.9 Å². The molecule has 10 nitrogen and oxygen atoms in total. The third kappa shape index (κ3) is 4.54. The Morgan fingerprint density at radius 1 is 0.773 bits per heavy atom. The highest BCUT2D eigenvalue weighted by Gasteiger charge is 2.60. The molecule has 1 unspecified atom stereocenters. The number of anilines is 2. The van der Waals surface area contributed by atoms with Crippen molar-refractivity contribution in [3.05, 3.63) is 102 Å². The molecule has 1 saturated heterocycles. The summed E-state index contributed by atoms with van der Waals surface area (Å²) in [5, 5.41) is 0. The first-order valence-electron chi connectivity index (χ1n) is 14.2. The number of pyridine rings is 1. The minimum Gasteiger partial charge on any atom is -0.497 e. The Balaban J connectivity index is 1.55. The van der Waals surface area contributed by atoms with Gasteiger partial charge in [0.1, 0.15) is 22.1 Å². The molecule has 2 aliphatic rings. The highest BCUT2D eigenvalue weighted by Crippen LogP contribution is 2.53. The average molecular weight is 615 g/mol. The number of carbonyl (C=O) groups is 1. The van der Waals surface area contributed by atoms with Crippen LogP contribution in [0.3, 0.4) is 0 Å². The molecule has 0 bridgehead atoms. The van der Waals surface area contributed by atoms with Crippen molar-refractivity contribution >= 4 is 27.3 Å². The summed E-state index contributed by atoms with van der Waals surface area (Å²) in [5.41, 5.74) is 1.83. The smallest absolute Gasteiger partial charge is 0.274 e. The van der Waals surface area contributed by atoms with Gasteiger partial charge in [-0.2, -0.15) is 0 Å². The van der Waals surface area contributed by atoms with Crippen LogP contribution in [0.5, 0.6) is 17.2 Å². The van der Waals surface area contributed by atoms with Gasteiger partial charge in [-0.15, -0.1) is 0 Å². The van der Waals surface area contributed by atoms with Crippen LogP contribution in [0.4, 0.5) is 11.4 Å². The van der Waals surface area contributed by atoms with Crippen LogP contribution < -0.4 is 23.4 Å². The van der Waals surface area contributed by atoms with Crippen LogP contribution >= 0.6 is 0 Å². The summed E-state index contributed by atoms with van der Waals surface area (Å²) in [4.78, 5) is 23.5. The number of para-hydroxylation sites is 1. The van der Waals surface area contributed by atoms with E-state index < -0.39 is 21.5 Å². The SMILES string of the molecule is COc1ccc(S(=O)(=O)N2C(=O)C(c3ccccc3OC)(N3CCN(c4ccncc4)CC3)c3ccc(C)cc32)c(OC)c1.